The second kappa shape index (κ2) is 5.47. The number of aliphatic hydroxyl groups excluding tert-OH is 1. The summed E-state index contributed by atoms with van der Waals surface area (Å²) in [5, 5.41) is 12.5. The monoisotopic (exact) mass is 253 g/mol. The predicted molar refractivity (Wildman–Crippen MR) is 67.8 cm³/mol. The number of nitrogen functional groups attached to an aromatic ring is 1. The third kappa shape index (κ3) is 3.06. The minimum absolute atomic E-state index is 0.0304. The Kier molecular flexibility index (Phi) is 3.95. The summed E-state index contributed by atoms with van der Waals surface area (Å²) < 4.78 is 5.00. The van der Waals surface area contributed by atoms with Gasteiger partial charge in [-0.1, -0.05) is 0 Å². The summed E-state index contributed by atoms with van der Waals surface area (Å²) in [4.78, 5) is 8.47. The number of hydrazine groups is 1. The van der Waals surface area contributed by atoms with Crippen LogP contribution in [0.3, 0.4) is 0 Å². The quantitative estimate of drug-likeness (QED) is 0.403. The van der Waals surface area contributed by atoms with Gasteiger partial charge in [0.1, 0.15) is 18.2 Å². The molecule has 0 spiro atoms. The second-order valence-corrected chi connectivity index (χ2v) is 4.64. The summed E-state index contributed by atoms with van der Waals surface area (Å²) in [6.07, 6.45) is 2.10. The molecule has 1 aromatic heterocycles. The Hall–Kier alpha value is -1.44. The number of nitrogens with two attached hydrogens (primary N) is 1. The lowest BCUT2D eigenvalue weighted by atomic mass is 10.1. The first-order valence-corrected chi connectivity index (χ1v) is 5.89. The molecule has 1 aromatic rings. The van der Waals surface area contributed by atoms with E-state index in [4.69, 9.17) is 10.6 Å². The topological polar surface area (TPSA) is 105 Å². The standard InChI is InChI=1S/C11H19N5O2/c1-18-5-10-14-8(4-9(15-10)16-12)13-6-11(7-17)2-3-11/h4,17H,2-3,5-7,12H2,1H3,(H2,13,14,15,16). The SMILES string of the molecule is COCc1nc(NN)cc(NCC2(CO)CC2)n1. The molecule has 7 heteroatoms. The molecule has 1 heterocycles. The average Bonchev–Trinajstić information content (AvgIpc) is 3.17. The lowest BCUT2D eigenvalue weighted by Crippen LogP contribution is -2.20. The van der Waals surface area contributed by atoms with Gasteiger partial charge in [-0.2, -0.15) is 0 Å². The highest BCUT2D eigenvalue weighted by Gasteiger charge is 2.41. The molecule has 100 valence electrons. The van der Waals surface area contributed by atoms with Crippen LogP contribution >= 0.6 is 0 Å². The number of hydrogen-bond acceptors (Lipinski definition) is 7. The highest BCUT2D eigenvalue weighted by Crippen LogP contribution is 2.44. The summed E-state index contributed by atoms with van der Waals surface area (Å²) in [6, 6.07) is 1.73. The lowest BCUT2D eigenvalue weighted by molar-refractivity contribution is 0.178. The maximum Gasteiger partial charge on any atom is 0.158 e. The van der Waals surface area contributed by atoms with Gasteiger partial charge in [0.25, 0.3) is 0 Å². The Morgan fingerprint density at radius 1 is 1.44 bits per heavy atom. The van der Waals surface area contributed by atoms with E-state index in [0.717, 1.165) is 12.8 Å². The fourth-order valence-corrected chi connectivity index (χ4v) is 1.70. The van der Waals surface area contributed by atoms with Gasteiger partial charge in [-0.05, 0) is 12.8 Å². The van der Waals surface area contributed by atoms with Crippen molar-refractivity contribution in [2.24, 2.45) is 11.3 Å². The molecule has 0 bridgehead atoms. The van der Waals surface area contributed by atoms with Gasteiger partial charge in [-0.25, -0.2) is 15.8 Å². The Balaban J connectivity index is 2.04. The van der Waals surface area contributed by atoms with E-state index in [1.165, 1.54) is 0 Å². The first kappa shape index (κ1) is 13.0. The molecule has 1 saturated carbocycles. The highest BCUT2D eigenvalue weighted by atomic mass is 16.5. The molecule has 7 nitrogen and oxygen atoms in total. The smallest absolute Gasteiger partial charge is 0.158 e. The van der Waals surface area contributed by atoms with E-state index in [-0.39, 0.29) is 12.0 Å². The summed E-state index contributed by atoms with van der Waals surface area (Å²) in [5.41, 5.74) is 2.53. The second-order valence-electron chi connectivity index (χ2n) is 4.64. The fourth-order valence-electron chi connectivity index (χ4n) is 1.70. The largest absolute Gasteiger partial charge is 0.396 e. The predicted octanol–water partition coefficient (Wildman–Crippen LogP) is 0.0930. The maximum atomic E-state index is 9.25. The summed E-state index contributed by atoms with van der Waals surface area (Å²) in [6.45, 7) is 1.24. The number of nitrogens with zero attached hydrogens (tertiary/aromatic N) is 2. The van der Waals surface area contributed by atoms with Gasteiger partial charge in [0.2, 0.25) is 0 Å². The summed E-state index contributed by atoms with van der Waals surface area (Å²) >= 11 is 0. The first-order valence-electron chi connectivity index (χ1n) is 5.89. The van der Waals surface area contributed by atoms with Gasteiger partial charge in [0.15, 0.2) is 5.82 Å². The number of rotatable bonds is 7. The van der Waals surface area contributed by atoms with Crippen LogP contribution in [0.2, 0.25) is 0 Å². The third-order valence-corrected chi connectivity index (χ3v) is 3.13. The normalized spacial score (nSPS) is 16.4. The van der Waals surface area contributed by atoms with Crippen molar-refractivity contribution in [2.45, 2.75) is 19.4 Å². The highest BCUT2D eigenvalue weighted by molar-refractivity contribution is 5.47. The molecule has 0 atom stereocenters. The summed E-state index contributed by atoms with van der Waals surface area (Å²) in [7, 11) is 1.59. The molecule has 0 saturated heterocycles. The van der Waals surface area contributed by atoms with Crippen LogP contribution in [-0.4, -0.2) is 35.3 Å². The van der Waals surface area contributed by atoms with Gasteiger partial charge >= 0.3 is 0 Å². The molecule has 18 heavy (non-hydrogen) atoms. The van der Waals surface area contributed by atoms with E-state index in [9.17, 15) is 5.11 Å². The Labute approximate surface area is 106 Å². The average molecular weight is 253 g/mol. The van der Waals surface area contributed by atoms with Crippen molar-refractivity contribution in [2.75, 3.05) is 31.0 Å². The molecular weight excluding hydrogens is 234 g/mol. The van der Waals surface area contributed by atoms with Gasteiger partial charge in [-0.3, -0.25) is 0 Å². The number of ether oxygens (including phenoxy) is 1. The van der Waals surface area contributed by atoms with Crippen LogP contribution in [0, 0.1) is 5.41 Å². The zero-order chi connectivity index (χ0) is 13.0. The van der Waals surface area contributed by atoms with E-state index in [1.54, 1.807) is 13.2 Å². The maximum absolute atomic E-state index is 9.25. The molecule has 1 aliphatic carbocycles. The number of aromatic nitrogens is 2. The van der Waals surface area contributed by atoms with Crippen LogP contribution in [-0.2, 0) is 11.3 Å². The molecule has 5 N–H and O–H groups in total. The van der Waals surface area contributed by atoms with Gasteiger partial charge in [0, 0.05) is 25.1 Å². The van der Waals surface area contributed by atoms with E-state index in [0.29, 0.717) is 30.6 Å². The summed E-state index contributed by atoms with van der Waals surface area (Å²) in [5.74, 6) is 7.14. The van der Waals surface area contributed by atoms with E-state index >= 15 is 0 Å². The molecule has 0 amide bonds. The van der Waals surface area contributed by atoms with Crippen molar-refractivity contribution in [3.8, 4) is 0 Å². The number of nitrogens with one attached hydrogen (secondary N) is 2. The molecule has 1 fully saturated rings. The van der Waals surface area contributed by atoms with Crippen molar-refractivity contribution in [3.05, 3.63) is 11.9 Å². The van der Waals surface area contributed by atoms with Crippen LogP contribution in [0.4, 0.5) is 11.6 Å². The molecule has 2 rings (SSSR count). The number of aliphatic hydroxyl groups is 1. The minimum Gasteiger partial charge on any atom is -0.396 e. The number of hydrogen-bond donors (Lipinski definition) is 4. The molecule has 0 aliphatic heterocycles. The van der Waals surface area contributed by atoms with E-state index < -0.39 is 0 Å². The van der Waals surface area contributed by atoms with Crippen molar-refractivity contribution < 1.29 is 9.84 Å². The molecule has 0 radical (unpaired) electrons. The Morgan fingerprint density at radius 3 is 2.72 bits per heavy atom. The fraction of sp³-hybridized carbons (Fsp3) is 0.636. The van der Waals surface area contributed by atoms with Crippen LogP contribution in [0.1, 0.15) is 18.7 Å². The molecule has 0 aromatic carbocycles. The van der Waals surface area contributed by atoms with Crippen molar-refractivity contribution in [1.29, 1.82) is 0 Å². The molecule has 1 aliphatic rings. The van der Waals surface area contributed by atoms with Crippen LogP contribution in [0.15, 0.2) is 6.07 Å². The first-order chi connectivity index (χ1) is 8.71. The Bertz CT molecular complexity index is 408. The number of methoxy groups -OCH3 is 1. The molecular formula is C11H19N5O2. The van der Waals surface area contributed by atoms with E-state index in [1.807, 2.05) is 0 Å². The van der Waals surface area contributed by atoms with Crippen molar-refractivity contribution in [1.82, 2.24) is 9.97 Å². The van der Waals surface area contributed by atoms with Gasteiger partial charge < -0.3 is 20.6 Å². The zero-order valence-electron chi connectivity index (χ0n) is 10.4. The Morgan fingerprint density at radius 2 is 2.17 bits per heavy atom. The van der Waals surface area contributed by atoms with Crippen LogP contribution in [0.5, 0.6) is 0 Å². The third-order valence-electron chi connectivity index (χ3n) is 3.13. The van der Waals surface area contributed by atoms with Crippen LogP contribution < -0.4 is 16.6 Å². The zero-order valence-corrected chi connectivity index (χ0v) is 10.4. The van der Waals surface area contributed by atoms with Crippen LogP contribution in [0.25, 0.3) is 0 Å². The van der Waals surface area contributed by atoms with Crippen molar-refractivity contribution >= 4 is 11.6 Å². The lowest BCUT2D eigenvalue weighted by Gasteiger charge is -2.14. The van der Waals surface area contributed by atoms with Gasteiger partial charge in [0.05, 0.1) is 6.61 Å². The minimum atomic E-state index is 0.0304. The molecule has 0 unspecified atom stereocenters. The van der Waals surface area contributed by atoms with Gasteiger partial charge in [-0.15, -0.1) is 0 Å². The van der Waals surface area contributed by atoms with E-state index in [2.05, 4.69) is 20.7 Å². The van der Waals surface area contributed by atoms with Crippen molar-refractivity contribution in [3.63, 3.8) is 0 Å². The number of anilines is 2.